The van der Waals surface area contributed by atoms with E-state index in [0.717, 1.165) is 19.6 Å². The highest BCUT2D eigenvalue weighted by Gasteiger charge is 2.20. The fraction of sp³-hybridized carbons (Fsp3) is 0.571. The Kier molecular flexibility index (Phi) is 6.65. The first-order valence-corrected chi connectivity index (χ1v) is 6.31. The summed E-state index contributed by atoms with van der Waals surface area (Å²) in [5, 5.41) is 0. The van der Waals surface area contributed by atoms with Crippen LogP contribution in [0.25, 0.3) is 0 Å². The monoisotopic (exact) mass is 270 g/mol. The Morgan fingerprint density at radius 2 is 2.17 bits per heavy atom. The summed E-state index contributed by atoms with van der Waals surface area (Å²) in [6.07, 6.45) is 1.24. The van der Waals surface area contributed by atoms with Gasteiger partial charge in [-0.1, -0.05) is 24.3 Å². The van der Waals surface area contributed by atoms with Gasteiger partial charge in [-0.15, -0.1) is 12.4 Å². The predicted molar refractivity (Wildman–Crippen MR) is 76.8 cm³/mol. The highest BCUT2D eigenvalue weighted by Crippen LogP contribution is 2.18. The molecule has 1 atom stereocenters. The molecule has 1 aliphatic heterocycles. The van der Waals surface area contributed by atoms with Crippen LogP contribution in [0.4, 0.5) is 0 Å². The number of benzene rings is 1. The van der Waals surface area contributed by atoms with Crippen LogP contribution in [0.1, 0.15) is 17.5 Å². The third-order valence-electron chi connectivity index (χ3n) is 3.41. The Balaban J connectivity index is 0.00000162. The van der Waals surface area contributed by atoms with Crippen molar-refractivity contribution in [2.45, 2.75) is 19.6 Å². The average molecular weight is 271 g/mol. The van der Waals surface area contributed by atoms with Gasteiger partial charge in [-0.25, -0.2) is 0 Å². The standard InChI is InChI=1S/C14H22N2O.ClH/c1-17-11-13-4-2-3-12(7-13)9-16-6-5-14(8-15)10-16;/h2-4,7,14H,5-6,8-11,15H2,1H3;1H. The molecule has 0 amide bonds. The number of halogens is 1. The number of ether oxygens (including phenoxy) is 1. The van der Waals surface area contributed by atoms with Crippen LogP contribution >= 0.6 is 12.4 Å². The molecule has 2 rings (SSSR count). The Morgan fingerprint density at radius 1 is 1.39 bits per heavy atom. The quantitative estimate of drug-likeness (QED) is 0.890. The highest BCUT2D eigenvalue weighted by atomic mass is 35.5. The first kappa shape index (κ1) is 15.4. The maximum absolute atomic E-state index is 5.71. The number of hydrogen-bond donors (Lipinski definition) is 1. The smallest absolute Gasteiger partial charge is 0.0713 e. The van der Waals surface area contributed by atoms with Crippen LogP contribution in [0.5, 0.6) is 0 Å². The van der Waals surface area contributed by atoms with Gasteiger partial charge in [0.05, 0.1) is 6.61 Å². The Hall–Kier alpha value is -0.610. The first-order chi connectivity index (χ1) is 8.31. The topological polar surface area (TPSA) is 38.5 Å². The summed E-state index contributed by atoms with van der Waals surface area (Å²) in [5.74, 6) is 0.692. The number of likely N-dealkylation sites (tertiary alicyclic amines) is 1. The Labute approximate surface area is 116 Å². The number of hydrogen-bond acceptors (Lipinski definition) is 3. The number of nitrogens with two attached hydrogens (primary N) is 1. The third kappa shape index (κ3) is 4.25. The van der Waals surface area contributed by atoms with Crippen molar-refractivity contribution in [3.8, 4) is 0 Å². The van der Waals surface area contributed by atoms with Crippen molar-refractivity contribution in [2.24, 2.45) is 11.7 Å². The molecule has 1 aliphatic rings. The maximum atomic E-state index is 5.71. The van der Waals surface area contributed by atoms with Crippen LogP contribution in [-0.2, 0) is 17.9 Å². The molecular weight excluding hydrogens is 248 g/mol. The molecule has 18 heavy (non-hydrogen) atoms. The van der Waals surface area contributed by atoms with Crippen molar-refractivity contribution in [2.75, 3.05) is 26.7 Å². The molecule has 1 aromatic carbocycles. The summed E-state index contributed by atoms with van der Waals surface area (Å²) >= 11 is 0. The van der Waals surface area contributed by atoms with Gasteiger partial charge in [-0.05, 0) is 36.6 Å². The summed E-state index contributed by atoms with van der Waals surface area (Å²) in [7, 11) is 1.74. The number of methoxy groups -OCH3 is 1. The SMILES string of the molecule is COCc1cccc(CN2CCC(CN)C2)c1.Cl. The van der Waals surface area contributed by atoms with Crippen LogP contribution in [0.3, 0.4) is 0 Å². The second-order valence-electron chi connectivity index (χ2n) is 4.88. The molecule has 3 nitrogen and oxygen atoms in total. The van der Waals surface area contributed by atoms with Crippen molar-refractivity contribution in [3.63, 3.8) is 0 Å². The summed E-state index contributed by atoms with van der Waals surface area (Å²) in [6, 6.07) is 8.65. The minimum absolute atomic E-state index is 0. The molecule has 0 spiro atoms. The minimum atomic E-state index is 0. The van der Waals surface area contributed by atoms with Crippen molar-refractivity contribution in [3.05, 3.63) is 35.4 Å². The van der Waals surface area contributed by atoms with E-state index in [1.165, 1.54) is 24.1 Å². The Morgan fingerprint density at radius 3 is 2.83 bits per heavy atom. The molecule has 1 fully saturated rings. The fourth-order valence-corrected chi connectivity index (χ4v) is 2.49. The molecule has 0 bridgehead atoms. The van der Waals surface area contributed by atoms with E-state index >= 15 is 0 Å². The largest absolute Gasteiger partial charge is 0.380 e. The summed E-state index contributed by atoms with van der Waals surface area (Å²) in [6.45, 7) is 4.87. The highest BCUT2D eigenvalue weighted by molar-refractivity contribution is 5.85. The van der Waals surface area contributed by atoms with E-state index in [4.69, 9.17) is 10.5 Å². The molecule has 1 heterocycles. The molecular formula is C14H23ClN2O. The van der Waals surface area contributed by atoms with Crippen molar-refractivity contribution in [1.82, 2.24) is 4.90 Å². The molecule has 1 unspecified atom stereocenters. The lowest BCUT2D eigenvalue weighted by Crippen LogP contribution is -2.22. The predicted octanol–water partition coefficient (Wildman–Crippen LogP) is 2.04. The molecule has 2 N–H and O–H groups in total. The molecule has 102 valence electrons. The fourth-order valence-electron chi connectivity index (χ4n) is 2.49. The van der Waals surface area contributed by atoms with Gasteiger partial charge < -0.3 is 10.5 Å². The second kappa shape index (κ2) is 7.74. The van der Waals surface area contributed by atoms with Gasteiger partial charge in [0.15, 0.2) is 0 Å². The normalized spacial score (nSPS) is 19.8. The van der Waals surface area contributed by atoms with Gasteiger partial charge in [0, 0.05) is 20.2 Å². The van der Waals surface area contributed by atoms with Gasteiger partial charge in [-0.2, -0.15) is 0 Å². The lowest BCUT2D eigenvalue weighted by atomic mass is 10.1. The minimum Gasteiger partial charge on any atom is -0.380 e. The summed E-state index contributed by atoms with van der Waals surface area (Å²) in [5.41, 5.74) is 8.33. The molecule has 0 saturated carbocycles. The van der Waals surface area contributed by atoms with Crippen molar-refractivity contribution < 1.29 is 4.74 Å². The van der Waals surface area contributed by atoms with Crippen LogP contribution < -0.4 is 5.73 Å². The maximum Gasteiger partial charge on any atom is 0.0713 e. The lowest BCUT2D eigenvalue weighted by Gasteiger charge is -2.16. The third-order valence-corrected chi connectivity index (χ3v) is 3.41. The molecule has 1 aromatic rings. The van der Waals surface area contributed by atoms with E-state index in [0.29, 0.717) is 12.5 Å². The van der Waals surface area contributed by atoms with Gasteiger partial charge in [0.2, 0.25) is 0 Å². The van der Waals surface area contributed by atoms with E-state index in [9.17, 15) is 0 Å². The summed E-state index contributed by atoms with van der Waals surface area (Å²) < 4.78 is 5.16. The Bertz CT molecular complexity index is 359. The molecule has 0 aromatic heterocycles. The number of rotatable bonds is 5. The zero-order valence-electron chi connectivity index (χ0n) is 11.0. The first-order valence-electron chi connectivity index (χ1n) is 6.31. The van der Waals surface area contributed by atoms with Crippen LogP contribution in [-0.4, -0.2) is 31.6 Å². The van der Waals surface area contributed by atoms with Crippen molar-refractivity contribution in [1.29, 1.82) is 0 Å². The van der Waals surface area contributed by atoms with Gasteiger partial charge >= 0.3 is 0 Å². The zero-order chi connectivity index (χ0) is 12.1. The second-order valence-corrected chi connectivity index (χ2v) is 4.88. The van der Waals surface area contributed by atoms with E-state index in [1.54, 1.807) is 7.11 Å². The van der Waals surface area contributed by atoms with Crippen LogP contribution in [0, 0.1) is 5.92 Å². The number of nitrogens with zero attached hydrogens (tertiary/aromatic N) is 1. The molecule has 0 aliphatic carbocycles. The average Bonchev–Trinajstić information content (AvgIpc) is 2.78. The zero-order valence-corrected chi connectivity index (χ0v) is 11.8. The molecule has 0 radical (unpaired) electrons. The van der Waals surface area contributed by atoms with E-state index in [1.807, 2.05) is 0 Å². The van der Waals surface area contributed by atoms with E-state index < -0.39 is 0 Å². The van der Waals surface area contributed by atoms with Gasteiger partial charge in [0.1, 0.15) is 0 Å². The van der Waals surface area contributed by atoms with Crippen LogP contribution in [0.2, 0.25) is 0 Å². The molecule has 1 saturated heterocycles. The summed E-state index contributed by atoms with van der Waals surface area (Å²) in [4.78, 5) is 2.49. The van der Waals surface area contributed by atoms with Gasteiger partial charge in [0.25, 0.3) is 0 Å². The van der Waals surface area contributed by atoms with Gasteiger partial charge in [-0.3, -0.25) is 4.90 Å². The van der Waals surface area contributed by atoms with E-state index in [2.05, 4.69) is 29.2 Å². The molecule has 4 heteroatoms. The lowest BCUT2D eigenvalue weighted by molar-refractivity contribution is 0.184. The van der Waals surface area contributed by atoms with E-state index in [-0.39, 0.29) is 12.4 Å². The van der Waals surface area contributed by atoms with Crippen molar-refractivity contribution >= 4 is 12.4 Å². The van der Waals surface area contributed by atoms with Crippen LogP contribution in [0.15, 0.2) is 24.3 Å².